The molecule has 2 aromatic rings. The highest BCUT2D eigenvalue weighted by Crippen LogP contribution is 2.14. The molecule has 2 nitrogen and oxygen atoms in total. The number of hydrogen-bond acceptors (Lipinski definition) is 1. The van der Waals surface area contributed by atoms with Crippen LogP contribution in [0.4, 0.5) is 0 Å². The maximum absolute atomic E-state index is 12.3. The third-order valence-corrected chi connectivity index (χ3v) is 3.36. The Kier molecular flexibility index (Phi) is 3.52. The molecule has 0 amide bonds. The monoisotopic (exact) mass is 251 g/mol. The molecule has 0 radical (unpaired) electrons. The van der Waals surface area contributed by atoms with Crippen LogP contribution in [0.2, 0.25) is 0 Å². The molecule has 0 spiro atoms. The van der Waals surface area contributed by atoms with Gasteiger partial charge >= 0.3 is 0 Å². The molecule has 19 heavy (non-hydrogen) atoms. The summed E-state index contributed by atoms with van der Waals surface area (Å²) in [5, 5.41) is 3.41. The van der Waals surface area contributed by atoms with Crippen molar-refractivity contribution >= 4 is 22.9 Å². The van der Waals surface area contributed by atoms with Crippen molar-refractivity contribution in [1.82, 2.24) is 4.98 Å². The SMILES string of the molecule is C=C/C=c1\c(=C/C=C)[nH]c(=O)c2c(C)c(C)ccc12. The molecular formula is C17H17NO. The molecule has 2 rings (SSSR count). The van der Waals surface area contributed by atoms with E-state index in [1.807, 2.05) is 32.1 Å². The van der Waals surface area contributed by atoms with E-state index in [4.69, 9.17) is 0 Å². The lowest BCUT2D eigenvalue weighted by Crippen LogP contribution is -2.35. The van der Waals surface area contributed by atoms with E-state index >= 15 is 0 Å². The number of benzene rings is 1. The summed E-state index contributed by atoms with van der Waals surface area (Å²) in [7, 11) is 0. The summed E-state index contributed by atoms with van der Waals surface area (Å²) in [4.78, 5) is 15.2. The molecule has 1 heterocycles. The zero-order valence-corrected chi connectivity index (χ0v) is 11.3. The molecule has 0 aliphatic carbocycles. The topological polar surface area (TPSA) is 32.9 Å². The van der Waals surface area contributed by atoms with E-state index in [-0.39, 0.29) is 5.56 Å². The molecule has 96 valence electrons. The fraction of sp³-hybridized carbons (Fsp3) is 0.118. The molecule has 0 aliphatic heterocycles. The Balaban J connectivity index is 3.21. The zero-order chi connectivity index (χ0) is 14.0. The van der Waals surface area contributed by atoms with Crippen LogP contribution in [-0.4, -0.2) is 4.98 Å². The number of fused-ring (bicyclic) bond motifs is 1. The highest BCUT2D eigenvalue weighted by atomic mass is 16.1. The molecule has 0 unspecified atom stereocenters. The average molecular weight is 251 g/mol. The summed E-state index contributed by atoms with van der Waals surface area (Å²) in [6.07, 6.45) is 7.09. The second-order valence-electron chi connectivity index (χ2n) is 4.52. The van der Waals surface area contributed by atoms with Crippen molar-refractivity contribution in [2.75, 3.05) is 0 Å². The first-order valence-electron chi connectivity index (χ1n) is 6.18. The van der Waals surface area contributed by atoms with E-state index in [1.165, 1.54) is 0 Å². The van der Waals surface area contributed by atoms with E-state index < -0.39 is 0 Å². The van der Waals surface area contributed by atoms with Crippen LogP contribution in [0.1, 0.15) is 11.1 Å². The van der Waals surface area contributed by atoms with Gasteiger partial charge in [0.2, 0.25) is 0 Å². The summed E-state index contributed by atoms with van der Waals surface area (Å²) in [5.41, 5.74) is 2.07. The molecule has 1 aromatic carbocycles. The van der Waals surface area contributed by atoms with Crippen molar-refractivity contribution in [3.8, 4) is 0 Å². The third-order valence-electron chi connectivity index (χ3n) is 3.36. The summed E-state index contributed by atoms with van der Waals surface area (Å²) in [5.74, 6) is 0. The first-order chi connectivity index (χ1) is 9.10. The number of nitrogens with one attached hydrogen (secondary N) is 1. The smallest absolute Gasteiger partial charge is 0.256 e. The molecular weight excluding hydrogens is 234 g/mol. The molecule has 0 saturated carbocycles. The molecule has 0 saturated heterocycles. The van der Waals surface area contributed by atoms with E-state index in [9.17, 15) is 4.79 Å². The van der Waals surface area contributed by atoms with Crippen molar-refractivity contribution in [3.63, 3.8) is 0 Å². The highest BCUT2D eigenvalue weighted by Gasteiger charge is 2.06. The minimum Gasteiger partial charge on any atom is -0.321 e. The van der Waals surface area contributed by atoms with Crippen LogP contribution in [0.3, 0.4) is 0 Å². The number of hydrogen-bond donors (Lipinski definition) is 1. The van der Waals surface area contributed by atoms with E-state index in [0.717, 1.165) is 32.5 Å². The fourth-order valence-corrected chi connectivity index (χ4v) is 2.28. The molecule has 0 fully saturated rings. The molecule has 0 bridgehead atoms. The Bertz CT molecular complexity index is 838. The Morgan fingerprint density at radius 2 is 1.79 bits per heavy atom. The van der Waals surface area contributed by atoms with Gasteiger partial charge in [-0.2, -0.15) is 0 Å². The fourth-order valence-electron chi connectivity index (χ4n) is 2.28. The predicted molar refractivity (Wildman–Crippen MR) is 82.6 cm³/mol. The maximum Gasteiger partial charge on any atom is 0.256 e. The quantitative estimate of drug-likeness (QED) is 0.871. The van der Waals surface area contributed by atoms with E-state index in [2.05, 4.69) is 18.1 Å². The number of rotatable bonds is 2. The Hall–Kier alpha value is -2.35. The van der Waals surface area contributed by atoms with Gasteiger partial charge in [0.05, 0.1) is 5.39 Å². The van der Waals surface area contributed by atoms with Gasteiger partial charge in [-0.15, -0.1) is 0 Å². The van der Waals surface area contributed by atoms with Gasteiger partial charge in [-0.3, -0.25) is 4.79 Å². The number of pyridine rings is 1. The minimum absolute atomic E-state index is 0.0643. The summed E-state index contributed by atoms with van der Waals surface area (Å²) >= 11 is 0. The van der Waals surface area contributed by atoms with Gasteiger partial charge in [0.1, 0.15) is 0 Å². The van der Waals surface area contributed by atoms with Crippen LogP contribution in [0, 0.1) is 13.8 Å². The zero-order valence-electron chi connectivity index (χ0n) is 11.3. The predicted octanol–water partition coefficient (Wildman–Crippen LogP) is 2.08. The number of H-pyrrole nitrogens is 1. The summed E-state index contributed by atoms with van der Waals surface area (Å²) < 4.78 is 0. The molecule has 0 aliphatic rings. The second-order valence-corrected chi connectivity index (χ2v) is 4.52. The number of aromatic amines is 1. The summed E-state index contributed by atoms with van der Waals surface area (Å²) in [6, 6.07) is 4.03. The van der Waals surface area contributed by atoms with Crippen molar-refractivity contribution in [3.05, 3.63) is 69.5 Å². The molecule has 1 aromatic heterocycles. The lowest BCUT2D eigenvalue weighted by atomic mass is 10.0. The first-order valence-corrected chi connectivity index (χ1v) is 6.18. The average Bonchev–Trinajstić information content (AvgIpc) is 2.38. The van der Waals surface area contributed by atoms with Crippen LogP contribution in [-0.2, 0) is 0 Å². The van der Waals surface area contributed by atoms with Gasteiger partial charge in [-0.1, -0.05) is 43.5 Å². The number of aromatic nitrogens is 1. The van der Waals surface area contributed by atoms with Crippen molar-refractivity contribution in [2.24, 2.45) is 0 Å². The van der Waals surface area contributed by atoms with Gasteiger partial charge < -0.3 is 4.98 Å². The van der Waals surface area contributed by atoms with Crippen molar-refractivity contribution in [1.29, 1.82) is 0 Å². The molecule has 1 N–H and O–H groups in total. The largest absolute Gasteiger partial charge is 0.321 e. The normalized spacial score (nSPS) is 12.9. The standard InChI is InChI=1S/C17H17NO/c1-5-7-13-14-10-9-11(3)12(4)16(14)17(19)18-15(13)8-6-2/h5-10H,1-2H2,3-4H3,(H,18,19)/b13-7-,15-8+. The van der Waals surface area contributed by atoms with Crippen LogP contribution >= 0.6 is 0 Å². The lowest BCUT2D eigenvalue weighted by Gasteiger charge is -2.06. The van der Waals surface area contributed by atoms with Gasteiger partial charge in [0.25, 0.3) is 5.56 Å². The number of aryl methyl sites for hydroxylation is 2. The molecule has 2 heteroatoms. The van der Waals surface area contributed by atoms with Gasteiger partial charge in [0.15, 0.2) is 0 Å². The molecule has 0 atom stereocenters. The minimum atomic E-state index is -0.0643. The van der Waals surface area contributed by atoms with Gasteiger partial charge in [-0.25, -0.2) is 0 Å². The second kappa shape index (κ2) is 5.11. The van der Waals surface area contributed by atoms with E-state index in [0.29, 0.717) is 0 Å². The van der Waals surface area contributed by atoms with Gasteiger partial charge in [0, 0.05) is 10.6 Å². The first kappa shape index (κ1) is 13.1. The third kappa shape index (κ3) is 2.17. The maximum atomic E-state index is 12.3. The van der Waals surface area contributed by atoms with Crippen LogP contribution in [0.15, 0.2) is 42.2 Å². The van der Waals surface area contributed by atoms with Crippen LogP contribution in [0.5, 0.6) is 0 Å². The lowest BCUT2D eigenvalue weighted by molar-refractivity contribution is 1.18. The van der Waals surface area contributed by atoms with Crippen LogP contribution < -0.4 is 16.1 Å². The highest BCUT2D eigenvalue weighted by molar-refractivity contribution is 5.87. The van der Waals surface area contributed by atoms with Crippen molar-refractivity contribution in [2.45, 2.75) is 13.8 Å². The Labute approximate surface area is 112 Å². The van der Waals surface area contributed by atoms with Crippen molar-refractivity contribution < 1.29 is 0 Å². The summed E-state index contributed by atoms with van der Waals surface area (Å²) in [6.45, 7) is 11.4. The van der Waals surface area contributed by atoms with Gasteiger partial charge in [-0.05, 0) is 36.4 Å². The Morgan fingerprint density at radius 1 is 1.11 bits per heavy atom. The number of allylic oxidation sites excluding steroid dienone is 2. The van der Waals surface area contributed by atoms with E-state index in [1.54, 1.807) is 18.2 Å². The Morgan fingerprint density at radius 3 is 2.42 bits per heavy atom. The van der Waals surface area contributed by atoms with Crippen LogP contribution in [0.25, 0.3) is 22.9 Å².